The first kappa shape index (κ1) is 12.9. The number of para-hydroxylation sites is 1. The van der Waals surface area contributed by atoms with Crippen LogP contribution in [-0.2, 0) is 6.42 Å². The number of likely N-dealkylation sites (N-methyl/N-ethyl adjacent to an activating group) is 1. The van der Waals surface area contributed by atoms with Gasteiger partial charge in [0.2, 0.25) is 0 Å². The number of hydrogen-bond donors (Lipinski definition) is 1. The van der Waals surface area contributed by atoms with Gasteiger partial charge >= 0.3 is 0 Å². The predicted molar refractivity (Wildman–Crippen MR) is 83.7 cm³/mol. The Morgan fingerprint density at radius 3 is 2.84 bits per heavy atom. The summed E-state index contributed by atoms with van der Waals surface area (Å²) in [5.41, 5.74) is 2.17. The molecule has 2 heterocycles. The Kier molecular flexibility index (Phi) is 3.73. The van der Waals surface area contributed by atoms with Gasteiger partial charge in [0.1, 0.15) is 5.58 Å². The quantitative estimate of drug-likeness (QED) is 0.743. The van der Waals surface area contributed by atoms with E-state index in [9.17, 15) is 0 Å². The molecule has 4 heteroatoms. The number of benzene rings is 1. The fraction of sp³-hybridized carbons (Fsp3) is 0.200. The molecule has 0 aliphatic carbocycles. The second-order valence-corrected chi connectivity index (χ2v) is 6.99. The molecule has 1 atom stereocenters. The molecule has 3 rings (SSSR count). The summed E-state index contributed by atoms with van der Waals surface area (Å²) in [6.45, 7) is 0. The predicted octanol–water partition coefficient (Wildman–Crippen LogP) is 4.76. The second kappa shape index (κ2) is 5.49. The zero-order chi connectivity index (χ0) is 13.2. The summed E-state index contributed by atoms with van der Waals surface area (Å²) in [4.78, 5) is 1.36. The van der Waals surface area contributed by atoms with Crippen molar-refractivity contribution in [2.75, 3.05) is 7.05 Å². The van der Waals surface area contributed by atoms with Crippen LogP contribution < -0.4 is 5.32 Å². The highest BCUT2D eigenvalue weighted by Gasteiger charge is 2.16. The number of halogens is 1. The van der Waals surface area contributed by atoms with Crippen LogP contribution >= 0.6 is 27.3 Å². The number of nitrogens with one attached hydrogen (secondary N) is 1. The molecule has 0 saturated carbocycles. The van der Waals surface area contributed by atoms with Crippen LogP contribution in [0.25, 0.3) is 11.0 Å². The molecule has 0 fully saturated rings. The van der Waals surface area contributed by atoms with E-state index in [2.05, 4.69) is 45.5 Å². The summed E-state index contributed by atoms with van der Waals surface area (Å²) in [5.74, 6) is 0. The standard InChI is InChI=1S/C15H14BrNOS/c1-17-13(8-10-6-7-15(16)19-10)12-9-18-14-5-3-2-4-11(12)14/h2-7,9,13,17H,8H2,1H3. The third kappa shape index (κ3) is 2.61. The van der Waals surface area contributed by atoms with Crippen molar-refractivity contribution < 1.29 is 4.42 Å². The summed E-state index contributed by atoms with van der Waals surface area (Å²) in [7, 11) is 2.00. The van der Waals surface area contributed by atoms with Crippen molar-refractivity contribution in [2.24, 2.45) is 0 Å². The van der Waals surface area contributed by atoms with Crippen molar-refractivity contribution in [1.82, 2.24) is 5.32 Å². The van der Waals surface area contributed by atoms with Crippen LogP contribution in [0.5, 0.6) is 0 Å². The summed E-state index contributed by atoms with van der Waals surface area (Å²) in [5, 5.41) is 4.58. The van der Waals surface area contributed by atoms with E-state index in [1.807, 2.05) is 25.4 Å². The van der Waals surface area contributed by atoms with Crippen LogP contribution in [0.3, 0.4) is 0 Å². The van der Waals surface area contributed by atoms with Crippen molar-refractivity contribution in [3.8, 4) is 0 Å². The Hall–Kier alpha value is -1.10. The first-order chi connectivity index (χ1) is 9.28. The van der Waals surface area contributed by atoms with Gasteiger partial charge in [0, 0.05) is 28.3 Å². The second-order valence-electron chi connectivity index (χ2n) is 4.44. The molecule has 1 N–H and O–H groups in total. The molecule has 2 aromatic heterocycles. The van der Waals surface area contributed by atoms with E-state index >= 15 is 0 Å². The zero-order valence-electron chi connectivity index (χ0n) is 10.5. The third-order valence-electron chi connectivity index (χ3n) is 3.27. The molecule has 0 spiro atoms. The summed E-state index contributed by atoms with van der Waals surface area (Å²) in [6, 6.07) is 12.7. The molecular weight excluding hydrogens is 322 g/mol. The van der Waals surface area contributed by atoms with Gasteiger partial charge in [-0.2, -0.15) is 0 Å². The minimum Gasteiger partial charge on any atom is -0.464 e. The zero-order valence-corrected chi connectivity index (χ0v) is 12.9. The van der Waals surface area contributed by atoms with Crippen molar-refractivity contribution in [2.45, 2.75) is 12.5 Å². The van der Waals surface area contributed by atoms with E-state index < -0.39 is 0 Å². The molecule has 19 heavy (non-hydrogen) atoms. The van der Waals surface area contributed by atoms with Gasteiger partial charge in [0.15, 0.2) is 0 Å². The highest BCUT2D eigenvalue weighted by atomic mass is 79.9. The normalized spacial score (nSPS) is 12.9. The average molecular weight is 336 g/mol. The molecule has 2 nitrogen and oxygen atoms in total. The summed E-state index contributed by atoms with van der Waals surface area (Å²) in [6.07, 6.45) is 2.84. The lowest BCUT2D eigenvalue weighted by Gasteiger charge is -2.13. The highest BCUT2D eigenvalue weighted by Crippen LogP contribution is 2.31. The van der Waals surface area contributed by atoms with Crippen molar-refractivity contribution in [1.29, 1.82) is 0 Å². The first-order valence-electron chi connectivity index (χ1n) is 6.15. The number of rotatable bonds is 4. The molecular formula is C15H14BrNOS. The molecule has 1 unspecified atom stereocenters. The average Bonchev–Trinajstić information content (AvgIpc) is 3.02. The van der Waals surface area contributed by atoms with Gasteiger partial charge in [0.05, 0.1) is 10.0 Å². The Balaban J connectivity index is 1.93. The van der Waals surface area contributed by atoms with Crippen LogP contribution in [0.4, 0.5) is 0 Å². The molecule has 0 aliphatic rings. The van der Waals surface area contributed by atoms with Gasteiger partial charge < -0.3 is 9.73 Å². The Morgan fingerprint density at radius 2 is 2.11 bits per heavy atom. The van der Waals surface area contributed by atoms with Gasteiger partial charge in [0.25, 0.3) is 0 Å². The topological polar surface area (TPSA) is 25.2 Å². The minimum absolute atomic E-state index is 0.272. The van der Waals surface area contributed by atoms with Crippen molar-refractivity contribution in [3.05, 3.63) is 56.9 Å². The molecule has 98 valence electrons. The Morgan fingerprint density at radius 1 is 1.26 bits per heavy atom. The third-order valence-corrected chi connectivity index (χ3v) is 4.91. The molecule has 1 aromatic carbocycles. The monoisotopic (exact) mass is 335 g/mol. The molecule has 3 aromatic rings. The molecule has 0 saturated heterocycles. The van der Waals surface area contributed by atoms with E-state index in [4.69, 9.17) is 4.42 Å². The maximum atomic E-state index is 5.63. The summed E-state index contributed by atoms with van der Waals surface area (Å²) < 4.78 is 6.80. The SMILES string of the molecule is CNC(Cc1ccc(Br)s1)c1coc2ccccc12. The van der Waals surface area contributed by atoms with Crippen LogP contribution in [0.2, 0.25) is 0 Å². The smallest absolute Gasteiger partial charge is 0.134 e. The maximum Gasteiger partial charge on any atom is 0.134 e. The Labute approximate surface area is 124 Å². The largest absolute Gasteiger partial charge is 0.464 e. The summed E-state index contributed by atoms with van der Waals surface area (Å²) >= 11 is 5.29. The van der Waals surface area contributed by atoms with Gasteiger partial charge in [-0.25, -0.2) is 0 Å². The fourth-order valence-corrected chi connectivity index (χ4v) is 3.83. The van der Waals surface area contributed by atoms with Gasteiger partial charge in [-0.1, -0.05) is 18.2 Å². The van der Waals surface area contributed by atoms with Crippen molar-refractivity contribution >= 4 is 38.2 Å². The fourth-order valence-electron chi connectivity index (χ4n) is 2.30. The van der Waals surface area contributed by atoms with E-state index in [1.54, 1.807) is 11.3 Å². The van der Waals surface area contributed by atoms with Gasteiger partial charge in [-0.05, 0) is 41.2 Å². The van der Waals surface area contributed by atoms with Crippen LogP contribution in [-0.4, -0.2) is 7.05 Å². The van der Waals surface area contributed by atoms with Gasteiger partial charge in [-0.3, -0.25) is 0 Å². The molecule has 0 amide bonds. The van der Waals surface area contributed by atoms with E-state index in [1.165, 1.54) is 19.6 Å². The first-order valence-corrected chi connectivity index (χ1v) is 7.76. The number of furan rings is 1. The van der Waals surface area contributed by atoms with Crippen LogP contribution in [0.15, 0.2) is 50.9 Å². The lowest BCUT2D eigenvalue weighted by molar-refractivity contribution is 0.566. The molecule has 0 bridgehead atoms. The molecule has 0 aliphatic heterocycles. The van der Waals surface area contributed by atoms with Crippen LogP contribution in [0, 0.1) is 0 Å². The lowest BCUT2D eigenvalue weighted by atomic mass is 10.0. The van der Waals surface area contributed by atoms with E-state index in [0.717, 1.165) is 12.0 Å². The lowest BCUT2D eigenvalue weighted by Crippen LogP contribution is -2.17. The number of fused-ring (bicyclic) bond motifs is 1. The number of hydrogen-bond acceptors (Lipinski definition) is 3. The maximum absolute atomic E-state index is 5.63. The number of thiophene rings is 1. The highest BCUT2D eigenvalue weighted by molar-refractivity contribution is 9.11. The Bertz CT molecular complexity index is 688. The van der Waals surface area contributed by atoms with Crippen molar-refractivity contribution in [3.63, 3.8) is 0 Å². The van der Waals surface area contributed by atoms with Crippen LogP contribution in [0.1, 0.15) is 16.5 Å². The molecule has 0 radical (unpaired) electrons. The van der Waals surface area contributed by atoms with E-state index in [-0.39, 0.29) is 6.04 Å². The van der Waals surface area contributed by atoms with E-state index in [0.29, 0.717) is 0 Å². The minimum atomic E-state index is 0.272. The van der Waals surface area contributed by atoms with Gasteiger partial charge in [-0.15, -0.1) is 11.3 Å².